The predicted octanol–water partition coefficient (Wildman–Crippen LogP) is 1.83. The zero-order valence-corrected chi connectivity index (χ0v) is 14.1. The van der Waals surface area contributed by atoms with Crippen LogP contribution in [0.25, 0.3) is 0 Å². The summed E-state index contributed by atoms with van der Waals surface area (Å²) in [5.41, 5.74) is -0.432. The normalized spacial score (nSPS) is 25.0. The number of nitrogens with one attached hydrogen (secondary N) is 1. The lowest BCUT2D eigenvalue weighted by Crippen LogP contribution is -2.45. The summed E-state index contributed by atoms with van der Waals surface area (Å²) in [6, 6.07) is 0.286. The van der Waals surface area contributed by atoms with Crippen molar-refractivity contribution in [3.8, 4) is 0 Å². The van der Waals surface area contributed by atoms with Gasteiger partial charge in [0.25, 0.3) is 0 Å². The molecule has 0 radical (unpaired) electrons. The highest BCUT2D eigenvalue weighted by Crippen LogP contribution is 2.58. The SMILES string of the molecule is CCC(CC)C(CNC(=O)C1C(C(=O)O)C1(C)C)N(C)C. The van der Waals surface area contributed by atoms with Gasteiger partial charge in [-0.15, -0.1) is 0 Å². The zero-order chi connectivity index (χ0) is 16.4. The first-order chi connectivity index (χ1) is 9.68. The van der Waals surface area contributed by atoms with Crippen molar-refractivity contribution < 1.29 is 14.7 Å². The standard InChI is InChI=1S/C16H30N2O3/c1-7-10(8-2)11(18(5)6)9-17-14(19)12-13(15(20)21)16(12,3)4/h10-13H,7-9H2,1-6H3,(H,17,19)(H,20,21). The monoisotopic (exact) mass is 298 g/mol. The maximum absolute atomic E-state index is 12.3. The lowest BCUT2D eigenvalue weighted by atomic mass is 9.93. The fraction of sp³-hybridized carbons (Fsp3) is 0.875. The molecule has 1 aliphatic rings. The first kappa shape index (κ1) is 18.0. The van der Waals surface area contributed by atoms with Crippen LogP contribution in [-0.4, -0.2) is 48.6 Å². The highest BCUT2D eigenvalue weighted by Gasteiger charge is 2.65. The van der Waals surface area contributed by atoms with Crippen molar-refractivity contribution in [1.82, 2.24) is 10.2 Å². The molecule has 1 saturated carbocycles. The van der Waals surface area contributed by atoms with Gasteiger partial charge in [-0.2, -0.15) is 0 Å². The molecule has 5 heteroatoms. The van der Waals surface area contributed by atoms with Crippen LogP contribution in [0.15, 0.2) is 0 Å². The van der Waals surface area contributed by atoms with E-state index in [9.17, 15) is 9.59 Å². The molecule has 1 rings (SSSR count). The molecule has 21 heavy (non-hydrogen) atoms. The van der Waals surface area contributed by atoms with Crippen LogP contribution in [0.4, 0.5) is 0 Å². The third-order valence-corrected chi connectivity index (χ3v) is 5.12. The van der Waals surface area contributed by atoms with Crippen LogP contribution in [-0.2, 0) is 9.59 Å². The van der Waals surface area contributed by atoms with Crippen molar-refractivity contribution in [2.24, 2.45) is 23.2 Å². The highest BCUT2D eigenvalue weighted by molar-refractivity contribution is 5.91. The zero-order valence-electron chi connectivity index (χ0n) is 14.1. The molecule has 0 bridgehead atoms. The predicted molar refractivity (Wildman–Crippen MR) is 83.0 cm³/mol. The molecule has 0 spiro atoms. The lowest BCUT2D eigenvalue weighted by molar-refractivity contribution is -0.140. The van der Waals surface area contributed by atoms with Gasteiger partial charge in [0.15, 0.2) is 0 Å². The van der Waals surface area contributed by atoms with Crippen LogP contribution in [0.3, 0.4) is 0 Å². The molecule has 0 saturated heterocycles. The van der Waals surface area contributed by atoms with E-state index in [1.807, 2.05) is 27.9 Å². The van der Waals surface area contributed by atoms with Gasteiger partial charge in [0, 0.05) is 12.6 Å². The fourth-order valence-corrected chi connectivity index (χ4v) is 3.51. The second-order valence-electron chi connectivity index (χ2n) is 6.97. The minimum atomic E-state index is -0.871. The van der Waals surface area contributed by atoms with E-state index in [-0.39, 0.29) is 11.9 Å². The summed E-state index contributed by atoms with van der Waals surface area (Å²) in [5, 5.41) is 12.1. The van der Waals surface area contributed by atoms with Crippen LogP contribution in [0.1, 0.15) is 40.5 Å². The minimum Gasteiger partial charge on any atom is -0.481 e. The smallest absolute Gasteiger partial charge is 0.307 e. The van der Waals surface area contributed by atoms with Crippen LogP contribution in [0.2, 0.25) is 0 Å². The van der Waals surface area contributed by atoms with Crippen molar-refractivity contribution in [1.29, 1.82) is 0 Å². The number of aliphatic carboxylic acids is 1. The minimum absolute atomic E-state index is 0.120. The number of carbonyl (C=O) groups excluding carboxylic acids is 1. The average Bonchev–Trinajstić information content (AvgIpc) is 2.97. The molecule has 0 aromatic heterocycles. The summed E-state index contributed by atoms with van der Waals surface area (Å²) in [4.78, 5) is 25.6. The summed E-state index contributed by atoms with van der Waals surface area (Å²) in [7, 11) is 4.05. The molecule has 122 valence electrons. The maximum Gasteiger partial charge on any atom is 0.307 e. The van der Waals surface area contributed by atoms with Crippen molar-refractivity contribution in [3.05, 3.63) is 0 Å². The van der Waals surface area contributed by atoms with Crippen molar-refractivity contribution in [3.63, 3.8) is 0 Å². The average molecular weight is 298 g/mol. The van der Waals surface area contributed by atoms with E-state index in [2.05, 4.69) is 24.1 Å². The molecule has 5 nitrogen and oxygen atoms in total. The first-order valence-electron chi connectivity index (χ1n) is 7.85. The van der Waals surface area contributed by atoms with Gasteiger partial charge >= 0.3 is 5.97 Å². The molecular weight excluding hydrogens is 268 g/mol. The van der Waals surface area contributed by atoms with Gasteiger partial charge in [-0.25, -0.2) is 0 Å². The van der Waals surface area contributed by atoms with Gasteiger partial charge in [-0.3, -0.25) is 9.59 Å². The van der Waals surface area contributed by atoms with Crippen molar-refractivity contribution in [2.45, 2.75) is 46.6 Å². The number of amides is 1. The number of carbonyl (C=O) groups is 2. The maximum atomic E-state index is 12.3. The molecule has 2 N–H and O–H groups in total. The van der Waals surface area contributed by atoms with E-state index >= 15 is 0 Å². The summed E-state index contributed by atoms with van der Waals surface area (Å²) in [6.07, 6.45) is 2.14. The second-order valence-corrected chi connectivity index (χ2v) is 6.97. The quantitative estimate of drug-likeness (QED) is 0.717. The summed E-state index contributed by atoms with van der Waals surface area (Å²) < 4.78 is 0. The number of hydrogen-bond donors (Lipinski definition) is 2. The first-order valence-corrected chi connectivity index (χ1v) is 7.85. The molecule has 0 aromatic carbocycles. The number of carboxylic acid groups (broad SMARTS) is 1. The Labute approximate surface area is 128 Å². The Morgan fingerprint density at radius 2 is 1.71 bits per heavy atom. The fourth-order valence-electron chi connectivity index (χ4n) is 3.51. The number of nitrogens with zero attached hydrogens (tertiary/aromatic N) is 1. The number of likely N-dealkylation sites (N-methyl/N-ethyl adjacent to an activating group) is 1. The molecule has 1 amide bonds. The molecule has 0 heterocycles. The van der Waals surface area contributed by atoms with Crippen LogP contribution >= 0.6 is 0 Å². The Bertz CT molecular complexity index is 389. The van der Waals surface area contributed by atoms with Gasteiger partial charge in [-0.05, 0) is 25.4 Å². The second kappa shape index (κ2) is 6.77. The van der Waals surface area contributed by atoms with E-state index in [1.54, 1.807) is 0 Å². The summed E-state index contributed by atoms with van der Waals surface area (Å²) >= 11 is 0. The van der Waals surface area contributed by atoms with Crippen LogP contribution in [0, 0.1) is 23.2 Å². The number of hydrogen-bond acceptors (Lipinski definition) is 3. The third kappa shape index (κ3) is 3.76. The largest absolute Gasteiger partial charge is 0.481 e. The van der Waals surface area contributed by atoms with Gasteiger partial charge in [-0.1, -0.05) is 40.5 Å². The number of carboxylic acids is 1. The Morgan fingerprint density at radius 3 is 2.05 bits per heavy atom. The Balaban J connectivity index is 2.61. The number of rotatable bonds is 8. The molecule has 3 unspecified atom stereocenters. The Kier molecular flexibility index (Phi) is 5.79. The molecule has 0 aromatic rings. The molecule has 0 aliphatic heterocycles. The van der Waals surface area contributed by atoms with E-state index in [4.69, 9.17) is 5.11 Å². The van der Waals surface area contributed by atoms with Crippen molar-refractivity contribution in [2.75, 3.05) is 20.6 Å². The van der Waals surface area contributed by atoms with Gasteiger partial charge in [0.05, 0.1) is 11.8 Å². The molecule has 3 atom stereocenters. The van der Waals surface area contributed by atoms with E-state index < -0.39 is 23.2 Å². The van der Waals surface area contributed by atoms with Gasteiger partial charge < -0.3 is 15.3 Å². The van der Waals surface area contributed by atoms with Crippen LogP contribution < -0.4 is 5.32 Å². The van der Waals surface area contributed by atoms with E-state index in [1.165, 1.54) is 0 Å². The third-order valence-electron chi connectivity index (χ3n) is 5.12. The Hall–Kier alpha value is -1.10. The Morgan fingerprint density at radius 1 is 1.19 bits per heavy atom. The van der Waals surface area contributed by atoms with Crippen LogP contribution in [0.5, 0.6) is 0 Å². The molecule has 1 aliphatic carbocycles. The lowest BCUT2D eigenvalue weighted by Gasteiger charge is -2.31. The van der Waals surface area contributed by atoms with Gasteiger partial charge in [0.2, 0.25) is 5.91 Å². The summed E-state index contributed by atoms with van der Waals surface area (Å²) in [6.45, 7) is 8.60. The van der Waals surface area contributed by atoms with Gasteiger partial charge in [0.1, 0.15) is 0 Å². The molecule has 1 fully saturated rings. The highest BCUT2D eigenvalue weighted by atomic mass is 16.4. The van der Waals surface area contributed by atoms with E-state index in [0.29, 0.717) is 12.5 Å². The molecular formula is C16H30N2O3. The van der Waals surface area contributed by atoms with Crippen molar-refractivity contribution >= 4 is 11.9 Å². The summed E-state index contributed by atoms with van der Waals surface area (Å²) in [5.74, 6) is -1.42. The topological polar surface area (TPSA) is 69.6 Å². The van der Waals surface area contributed by atoms with E-state index in [0.717, 1.165) is 12.8 Å².